The summed E-state index contributed by atoms with van der Waals surface area (Å²) in [6.07, 6.45) is 3.46. The van der Waals surface area contributed by atoms with E-state index in [1.165, 1.54) is 0 Å². The lowest BCUT2D eigenvalue weighted by Gasteiger charge is -2.20. The van der Waals surface area contributed by atoms with Gasteiger partial charge in [0.2, 0.25) is 0 Å². The Morgan fingerprint density at radius 2 is 1.81 bits per heavy atom. The SMILES string of the molecule is CCOC(=O)c1c(C)[nH]c(C(=O)NC(c2cc(OC)cc(OC)c2)c2nccn2C)c1C. The highest BCUT2D eigenvalue weighted by Crippen LogP contribution is 2.30. The van der Waals surface area contributed by atoms with E-state index in [-0.39, 0.29) is 12.5 Å². The molecule has 0 aliphatic heterocycles. The van der Waals surface area contributed by atoms with E-state index in [9.17, 15) is 9.59 Å². The standard InChI is InChI=1S/C23H28N4O5/c1-7-32-23(29)18-13(2)19(25-14(18)3)22(28)26-20(21-24-8-9-27(21)4)15-10-16(30-5)12-17(11-15)31-6/h8-12,20,25H,7H2,1-6H3,(H,26,28). The zero-order valence-electron chi connectivity index (χ0n) is 19.1. The molecule has 2 N–H and O–H groups in total. The molecule has 1 atom stereocenters. The molecular formula is C23H28N4O5. The second-order valence-electron chi connectivity index (χ2n) is 7.29. The van der Waals surface area contributed by atoms with E-state index in [1.54, 1.807) is 53.5 Å². The molecule has 1 amide bonds. The number of hydrogen-bond donors (Lipinski definition) is 2. The molecule has 0 saturated carbocycles. The van der Waals surface area contributed by atoms with E-state index in [0.29, 0.717) is 39.8 Å². The predicted octanol–water partition coefficient (Wildman–Crippen LogP) is 3.08. The highest BCUT2D eigenvalue weighted by molar-refractivity contribution is 6.00. The molecular weight excluding hydrogens is 412 g/mol. The van der Waals surface area contributed by atoms with Crippen LogP contribution in [0.15, 0.2) is 30.6 Å². The lowest BCUT2D eigenvalue weighted by molar-refractivity contribution is 0.0525. The molecule has 0 aliphatic carbocycles. The second-order valence-corrected chi connectivity index (χ2v) is 7.29. The van der Waals surface area contributed by atoms with Crippen LogP contribution >= 0.6 is 0 Å². The van der Waals surface area contributed by atoms with Crippen LogP contribution in [-0.2, 0) is 11.8 Å². The van der Waals surface area contributed by atoms with Gasteiger partial charge in [-0.1, -0.05) is 0 Å². The van der Waals surface area contributed by atoms with Crippen LogP contribution in [0.2, 0.25) is 0 Å². The summed E-state index contributed by atoms with van der Waals surface area (Å²) in [5.41, 5.74) is 2.49. The third-order valence-corrected chi connectivity index (χ3v) is 5.24. The Labute approximate surface area is 186 Å². The van der Waals surface area contributed by atoms with Gasteiger partial charge in [-0.15, -0.1) is 0 Å². The van der Waals surface area contributed by atoms with Gasteiger partial charge < -0.3 is 29.1 Å². The zero-order valence-corrected chi connectivity index (χ0v) is 19.1. The number of benzene rings is 1. The van der Waals surface area contributed by atoms with Crippen LogP contribution in [0.1, 0.15) is 56.5 Å². The Morgan fingerprint density at radius 1 is 1.16 bits per heavy atom. The van der Waals surface area contributed by atoms with Crippen molar-refractivity contribution in [2.45, 2.75) is 26.8 Å². The van der Waals surface area contributed by atoms with Crippen LogP contribution in [0.5, 0.6) is 11.5 Å². The molecule has 9 nitrogen and oxygen atoms in total. The number of imidazole rings is 1. The van der Waals surface area contributed by atoms with Gasteiger partial charge in [0, 0.05) is 31.2 Å². The van der Waals surface area contributed by atoms with Crippen molar-refractivity contribution < 1.29 is 23.8 Å². The van der Waals surface area contributed by atoms with Gasteiger partial charge in [-0.25, -0.2) is 9.78 Å². The Morgan fingerprint density at radius 3 is 2.34 bits per heavy atom. The van der Waals surface area contributed by atoms with E-state index in [1.807, 2.05) is 23.7 Å². The van der Waals surface area contributed by atoms with E-state index in [2.05, 4.69) is 15.3 Å². The normalized spacial score (nSPS) is 11.7. The van der Waals surface area contributed by atoms with Crippen LogP contribution in [0.25, 0.3) is 0 Å². The molecule has 0 fully saturated rings. The number of rotatable bonds is 8. The molecule has 0 aliphatic rings. The number of methoxy groups -OCH3 is 2. The third kappa shape index (κ3) is 4.46. The lowest BCUT2D eigenvalue weighted by Crippen LogP contribution is -2.32. The first-order chi connectivity index (χ1) is 15.3. The molecule has 0 saturated heterocycles. The maximum atomic E-state index is 13.3. The van der Waals surface area contributed by atoms with E-state index < -0.39 is 12.0 Å². The van der Waals surface area contributed by atoms with E-state index in [4.69, 9.17) is 14.2 Å². The number of aryl methyl sites for hydroxylation is 2. The minimum atomic E-state index is -0.597. The maximum absolute atomic E-state index is 13.3. The molecule has 3 rings (SSSR count). The molecule has 0 bridgehead atoms. The molecule has 9 heteroatoms. The molecule has 2 aromatic heterocycles. The Bertz CT molecular complexity index is 1110. The summed E-state index contributed by atoms with van der Waals surface area (Å²) in [5.74, 6) is 0.959. The van der Waals surface area contributed by atoms with Crippen LogP contribution in [0.4, 0.5) is 0 Å². The predicted molar refractivity (Wildman–Crippen MR) is 118 cm³/mol. The van der Waals surface area contributed by atoms with Crippen molar-refractivity contribution in [3.05, 3.63) is 64.5 Å². The zero-order chi connectivity index (χ0) is 23.4. The number of nitrogens with one attached hydrogen (secondary N) is 2. The molecule has 1 unspecified atom stereocenters. The van der Waals surface area contributed by atoms with Crippen molar-refractivity contribution in [1.82, 2.24) is 19.9 Å². The quantitative estimate of drug-likeness (QED) is 0.521. The highest BCUT2D eigenvalue weighted by Gasteiger charge is 2.27. The first-order valence-corrected chi connectivity index (χ1v) is 10.2. The fourth-order valence-electron chi connectivity index (χ4n) is 3.64. The first-order valence-electron chi connectivity index (χ1n) is 10.2. The van der Waals surface area contributed by atoms with Crippen LogP contribution in [0.3, 0.4) is 0 Å². The molecule has 0 radical (unpaired) electrons. The second kappa shape index (κ2) is 9.59. The minimum Gasteiger partial charge on any atom is -0.497 e. The van der Waals surface area contributed by atoms with Gasteiger partial charge in [-0.2, -0.15) is 0 Å². The van der Waals surface area contributed by atoms with Gasteiger partial charge in [0.1, 0.15) is 29.1 Å². The number of H-pyrrole nitrogens is 1. The summed E-state index contributed by atoms with van der Waals surface area (Å²) < 4.78 is 17.7. The monoisotopic (exact) mass is 440 g/mol. The average molecular weight is 441 g/mol. The summed E-state index contributed by atoms with van der Waals surface area (Å²) in [7, 11) is 4.98. The van der Waals surface area contributed by atoms with Gasteiger partial charge in [0.05, 0.1) is 26.4 Å². The van der Waals surface area contributed by atoms with Crippen LogP contribution in [0, 0.1) is 13.8 Å². The Hall–Kier alpha value is -3.75. The van der Waals surface area contributed by atoms with Crippen molar-refractivity contribution >= 4 is 11.9 Å². The number of carbonyl (C=O) groups excluding carboxylic acids is 2. The van der Waals surface area contributed by atoms with Crippen molar-refractivity contribution in [1.29, 1.82) is 0 Å². The number of amides is 1. The summed E-state index contributed by atoms with van der Waals surface area (Å²) >= 11 is 0. The summed E-state index contributed by atoms with van der Waals surface area (Å²) in [6, 6.07) is 4.80. The number of carbonyl (C=O) groups is 2. The highest BCUT2D eigenvalue weighted by atomic mass is 16.5. The Balaban J connectivity index is 2.02. The number of esters is 1. The van der Waals surface area contributed by atoms with Crippen molar-refractivity contribution in [3.63, 3.8) is 0 Å². The number of aromatic nitrogens is 3. The van der Waals surface area contributed by atoms with Gasteiger partial charge in [-0.3, -0.25) is 4.79 Å². The van der Waals surface area contributed by atoms with Crippen molar-refractivity contribution in [2.75, 3.05) is 20.8 Å². The molecule has 3 aromatic rings. The van der Waals surface area contributed by atoms with Gasteiger partial charge in [-0.05, 0) is 44.0 Å². The number of hydrogen-bond acceptors (Lipinski definition) is 6. The summed E-state index contributed by atoms with van der Waals surface area (Å²) in [5, 5.41) is 3.03. The molecule has 2 heterocycles. The summed E-state index contributed by atoms with van der Waals surface area (Å²) in [4.78, 5) is 33.1. The fraction of sp³-hybridized carbons (Fsp3) is 0.348. The van der Waals surface area contributed by atoms with Gasteiger partial charge >= 0.3 is 5.97 Å². The molecule has 170 valence electrons. The van der Waals surface area contributed by atoms with Crippen molar-refractivity contribution in [2.24, 2.45) is 7.05 Å². The largest absolute Gasteiger partial charge is 0.497 e. The summed E-state index contributed by atoms with van der Waals surface area (Å²) in [6.45, 7) is 5.44. The van der Waals surface area contributed by atoms with Gasteiger partial charge in [0.25, 0.3) is 5.91 Å². The Kier molecular flexibility index (Phi) is 6.87. The molecule has 1 aromatic carbocycles. The topological polar surface area (TPSA) is 107 Å². The average Bonchev–Trinajstić information content (AvgIpc) is 3.33. The van der Waals surface area contributed by atoms with Crippen molar-refractivity contribution in [3.8, 4) is 11.5 Å². The lowest BCUT2D eigenvalue weighted by atomic mass is 10.0. The number of aromatic amines is 1. The number of nitrogens with zero attached hydrogens (tertiary/aromatic N) is 2. The maximum Gasteiger partial charge on any atom is 0.340 e. The molecule has 32 heavy (non-hydrogen) atoms. The van der Waals surface area contributed by atoms with Crippen LogP contribution in [-0.4, -0.2) is 47.2 Å². The van der Waals surface area contributed by atoms with E-state index in [0.717, 1.165) is 5.56 Å². The van der Waals surface area contributed by atoms with Crippen LogP contribution < -0.4 is 14.8 Å². The fourth-order valence-corrected chi connectivity index (χ4v) is 3.64. The number of ether oxygens (including phenoxy) is 3. The van der Waals surface area contributed by atoms with E-state index >= 15 is 0 Å². The minimum absolute atomic E-state index is 0.253. The first kappa shape index (κ1) is 22.9. The third-order valence-electron chi connectivity index (χ3n) is 5.24. The molecule has 0 spiro atoms. The smallest absolute Gasteiger partial charge is 0.340 e. The van der Waals surface area contributed by atoms with Gasteiger partial charge in [0.15, 0.2) is 0 Å².